The zero-order valence-electron chi connectivity index (χ0n) is 25.0. The second-order valence-corrected chi connectivity index (χ2v) is 10.5. The van der Waals surface area contributed by atoms with Gasteiger partial charge >= 0.3 is 0 Å². The van der Waals surface area contributed by atoms with Gasteiger partial charge in [-0.1, -0.05) is 120 Å². The maximum absolute atomic E-state index is 6.39. The van der Waals surface area contributed by atoms with E-state index in [1.165, 1.54) is 68.9 Å². The third kappa shape index (κ3) is 14.2. The molecule has 3 unspecified atom stereocenters. The van der Waals surface area contributed by atoms with Crippen LogP contribution >= 0.6 is 0 Å². The number of unbranched alkanes of at least 4 members (excludes halogenated alkanes) is 7. The normalized spacial score (nSPS) is 20.1. The van der Waals surface area contributed by atoms with Gasteiger partial charge in [0.2, 0.25) is 0 Å². The predicted molar refractivity (Wildman–Crippen MR) is 164 cm³/mol. The van der Waals surface area contributed by atoms with Crippen LogP contribution in [-0.4, -0.2) is 25.4 Å². The zero-order chi connectivity index (χ0) is 28.0. The second kappa shape index (κ2) is 21.7. The van der Waals surface area contributed by atoms with E-state index >= 15 is 0 Å². The van der Waals surface area contributed by atoms with Crippen LogP contribution in [0.25, 0.3) is 0 Å². The molecule has 0 radical (unpaired) electrons. The Balaban J connectivity index is 0.000000349. The van der Waals surface area contributed by atoms with Crippen molar-refractivity contribution in [2.45, 2.75) is 117 Å². The Morgan fingerprint density at radius 3 is 1.97 bits per heavy atom. The van der Waals surface area contributed by atoms with Crippen molar-refractivity contribution in [3.05, 3.63) is 71.8 Å². The lowest BCUT2D eigenvalue weighted by atomic mass is 9.88. The molecule has 1 saturated carbocycles. The fraction of sp³-hybridized carbons (Fsp3) is 0.611. The summed E-state index contributed by atoms with van der Waals surface area (Å²) in [5, 5.41) is 0. The van der Waals surface area contributed by atoms with E-state index in [4.69, 9.17) is 20.6 Å². The summed E-state index contributed by atoms with van der Waals surface area (Å²) >= 11 is 0. The Labute approximate surface area is 240 Å². The summed E-state index contributed by atoms with van der Waals surface area (Å²) in [6, 6.07) is 20.7. The average Bonchev–Trinajstić information content (AvgIpc) is 3.84. The van der Waals surface area contributed by atoms with Gasteiger partial charge < -0.3 is 14.2 Å². The van der Waals surface area contributed by atoms with Crippen molar-refractivity contribution in [1.29, 1.82) is 0 Å². The zero-order valence-corrected chi connectivity index (χ0v) is 25.0. The van der Waals surface area contributed by atoms with Crippen LogP contribution in [0.15, 0.2) is 60.7 Å². The molecule has 216 valence electrons. The van der Waals surface area contributed by atoms with Crippen LogP contribution < -0.4 is 0 Å². The first-order chi connectivity index (χ1) is 19.3. The first-order valence-corrected chi connectivity index (χ1v) is 15.6. The highest BCUT2D eigenvalue weighted by molar-refractivity contribution is 5.14. The van der Waals surface area contributed by atoms with Crippen molar-refractivity contribution in [3.8, 4) is 12.3 Å². The molecule has 0 bridgehead atoms. The third-order valence-electron chi connectivity index (χ3n) is 7.40. The Morgan fingerprint density at radius 1 is 0.795 bits per heavy atom. The summed E-state index contributed by atoms with van der Waals surface area (Å²) in [7, 11) is 0. The molecule has 2 aliphatic rings. The Bertz CT molecular complexity index is 856. The van der Waals surface area contributed by atoms with Crippen LogP contribution in [0.2, 0.25) is 0 Å². The molecule has 1 aliphatic heterocycles. The summed E-state index contributed by atoms with van der Waals surface area (Å²) in [6.45, 7) is 8.94. The van der Waals surface area contributed by atoms with Gasteiger partial charge in [0.15, 0.2) is 0 Å². The highest BCUT2D eigenvalue weighted by Gasteiger charge is 2.43. The molecular weight excluding hydrogens is 480 g/mol. The molecule has 0 aromatic heterocycles. The summed E-state index contributed by atoms with van der Waals surface area (Å²) in [5.41, 5.74) is 2.42. The van der Waals surface area contributed by atoms with Crippen LogP contribution in [0.1, 0.15) is 103 Å². The van der Waals surface area contributed by atoms with Gasteiger partial charge in [-0.25, -0.2) is 0 Å². The number of terminal acetylenes is 1. The largest absolute Gasteiger partial charge is 0.374 e. The summed E-state index contributed by atoms with van der Waals surface area (Å²) in [4.78, 5) is 0. The highest BCUT2D eigenvalue weighted by atomic mass is 16.6. The van der Waals surface area contributed by atoms with E-state index in [-0.39, 0.29) is 12.2 Å². The standard InChI is InChI=1S/C23H28O3.C11H20.C2H6/c1-3-7-18(8-4-1)15-24-17-22-23(21(13-14-25-22)20-11-12-20)26-16-19-9-5-2-6-10-19;1-3-5-7-9-11-10-8-6-4-2;1-2/h1-10,20-23H,11-17H2;1H,4-11H2,2H3;1-2H3. The van der Waals surface area contributed by atoms with Gasteiger partial charge in [-0.3, -0.25) is 0 Å². The quantitative estimate of drug-likeness (QED) is 0.168. The minimum absolute atomic E-state index is 0.0294. The van der Waals surface area contributed by atoms with Gasteiger partial charge in [0, 0.05) is 13.0 Å². The Hall–Kier alpha value is -2.12. The molecule has 1 saturated heterocycles. The molecule has 1 aliphatic carbocycles. The smallest absolute Gasteiger partial charge is 0.107 e. The van der Waals surface area contributed by atoms with Crippen molar-refractivity contribution in [3.63, 3.8) is 0 Å². The van der Waals surface area contributed by atoms with Crippen LogP contribution in [0, 0.1) is 24.2 Å². The van der Waals surface area contributed by atoms with Crippen LogP contribution in [0.4, 0.5) is 0 Å². The van der Waals surface area contributed by atoms with Crippen LogP contribution in [-0.2, 0) is 27.4 Å². The molecule has 4 rings (SSSR count). The summed E-state index contributed by atoms with van der Waals surface area (Å²) in [6.07, 6.45) is 19.5. The number of hydrogen-bond donors (Lipinski definition) is 0. The fourth-order valence-corrected chi connectivity index (χ4v) is 5.11. The monoisotopic (exact) mass is 534 g/mol. The Morgan fingerprint density at radius 2 is 1.38 bits per heavy atom. The molecule has 3 atom stereocenters. The maximum Gasteiger partial charge on any atom is 0.107 e. The molecule has 0 N–H and O–H groups in total. The lowest BCUT2D eigenvalue weighted by Crippen LogP contribution is -2.46. The molecule has 2 aromatic carbocycles. The molecule has 3 nitrogen and oxygen atoms in total. The molecule has 0 amide bonds. The molecule has 3 heteroatoms. The van der Waals surface area contributed by atoms with E-state index in [1.807, 2.05) is 38.1 Å². The van der Waals surface area contributed by atoms with Gasteiger partial charge in [-0.05, 0) is 48.6 Å². The van der Waals surface area contributed by atoms with Crippen LogP contribution in [0.3, 0.4) is 0 Å². The maximum atomic E-state index is 6.39. The lowest BCUT2D eigenvalue weighted by Gasteiger charge is -2.38. The van der Waals surface area contributed by atoms with Crippen molar-refractivity contribution in [2.75, 3.05) is 13.2 Å². The number of benzene rings is 2. The van der Waals surface area contributed by atoms with E-state index in [0.717, 1.165) is 25.4 Å². The fourth-order valence-electron chi connectivity index (χ4n) is 5.11. The minimum Gasteiger partial charge on any atom is -0.374 e. The molecule has 0 spiro atoms. The first kappa shape index (κ1) is 33.1. The number of rotatable bonds is 15. The first-order valence-electron chi connectivity index (χ1n) is 15.6. The van der Waals surface area contributed by atoms with Crippen LogP contribution in [0.5, 0.6) is 0 Å². The van der Waals surface area contributed by atoms with Crippen molar-refractivity contribution in [2.24, 2.45) is 11.8 Å². The SMILES string of the molecule is C#CCCCCCCCCC.CC.c1ccc(COCC2OCCC(C3CC3)C2OCc2ccccc2)cc1. The number of ether oxygens (including phenoxy) is 3. The van der Waals surface area contributed by atoms with Gasteiger partial charge in [0.05, 0.1) is 25.9 Å². The van der Waals surface area contributed by atoms with E-state index < -0.39 is 0 Å². The molecule has 2 fully saturated rings. The van der Waals surface area contributed by atoms with E-state index in [0.29, 0.717) is 25.7 Å². The molecular formula is C36H54O3. The minimum atomic E-state index is 0.0294. The van der Waals surface area contributed by atoms with Gasteiger partial charge in [-0.15, -0.1) is 12.3 Å². The van der Waals surface area contributed by atoms with Crippen molar-refractivity contribution in [1.82, 2.24) is 0 Å². The Kier molecular flexibility index (Phi) is 18.4. The van der Waals surface area contributed by atoms with Crippen molar-refractivity contribution >= 4 is 0 Å². The molecule has 2 aromatic rings. The summed E-state index contributed by atoms with van der Waals surface area (Å²) < 4.78 is 18.5. The summed E-state index contributed by atoms with van der Waals surface area (Å²) in [5.74, 6) is 4.09. The van der Waals surface area contributed by atoms with Gasteiger partial charge in [0.1, 0.15) is 6.10 Å². The second-order valence-electron chi connectivity index (χ2n) is 10.5. The van der Waals surface area contributed by atoms with E-state index in [1.54, 1.807) is 0 Å². The third-order valence-corrected chi connectivity index (χ3v) is 7.40. The van der Waals surface area contributed by atoms with E-state index in [9.17, 15) is 0 Å². The predicted octanol–water partition coefficient (Wildman–Crippen LogP) is 9.39. The molecule has 39 heavy (non-hydrogen) atoms. The number of hydrogen-bond acceptors (Lipinski definition) is 3. The average molecular weight is 535 g/mol. The van der Waals surface area contributed by atoms with Gasteiger partial charge in [0.25, 0.3) is 0 Å². The van der Waals surface area contributed by atoms with Gasteiger partial charge in [-0.2, -0.15) is 0 Å². The van der Waals surface area contributed by atoms with E-state index in [2.05, 4.69) is 49.2 Å². The molecule has 1 heterocycles. The topological polar surface area (TPSA) is 27.7 Å². The highest BCUT2D eigenvalue weighted by Crippen LogP contribution is 2.44. The lowest BCUT2D eigenvalue weighted by molar-refractivity contribution is -0.165. The van der Waals surface area contributed by atoms with Crippen molar-refractivity contribution < 1.29 is 14.2 Å².